The quantitative estimate of drug-likeness (QED) is 0.683. The molecule has 4 heteroatoms. The monoisotopic (exact) mass is 192 g/mol. The molecule has 0 saturated carbocycles. The topological polar surface area (TPSA) is 55.1 Å². The Balaban J connectivity index is 3.00. The van der Waals surface area contributed by atoms with Crippen molar-refractivity contribution in [2.75, 3.05) is 5.32 Å². The normalized spacial score (nSPS) is 9.21. The van der Waals surface area contributed by atoms with Gasteiger partial charge in [0.15, 0.2) is 0 Å². The lowest BCUT2D eigenvalue weighted by molar-refractivity contribution is -0.111. The summed E-state index contributed by atoms with van der Waals surface area (Å²) in [4.78, 5) is 10.9. The van der Waals surface area contributed by atoms with E-state index in [4.69, 9.17) is 12.2 Å². The number of nitrogens with two attached hydrogens (primary N) is 1. The van der Waals surface area contributed by atoms with Gasteiger partial charge < -0.3 is 11.1 Å². The van der Waals surface area contributed by atoms with E-state index in [0.29, 0.717) is 11.3 Å². The molecule has 0 atom stereocenters. The number of hydrogen-bond donors (Lipinski definition) is 2. The molecule has 0 aliphatic carbocycles. The summed E-state index contributed by atoms with van der Waals surface area (Å²) in [5, 5.41) is 2.36. The first-order valence-electron chi connectivity index (χ1n) is 3.93. The number of halogens is 1. The van der Waals surface area contributed by atoms with Crippen molar-refractivity contribution in [3.05, 3.63) is 29.6 Å². The summed E-state index contributed by atoms with van der Waals surface area (Å²) in [7, 11) is 0. The van der Waals surface area contributed by atoms with Crippen molar-refractivity contribution in [2.24, 2.45) is 5.73 Å². The maximum atomic E-state index is 12.8. The number of carbonyl (C=O) groups is 1. The van der Waals surface area contributed by atoms with E-state index in [1.165, 1.54) is 18.2 Å². The van der Waals surface area contributed by atoms with Crippen LogP contribution in [-0.2, 0) is 11.3 Å². The second-order valence-electron chi connectivity index (χ2n) is 2.60. The van der Waals surface area contributed by atoms with Gasteiger partial charge in [0.2, 0.25) is 0 Å². The Hall–Kier alpha value is -1.86. The van der Waals surface area contributed by atoms with Crippen LogP contribution < -0.4 is 11.1 Å². The summed E-state index contributed by atoms with van der Waals surface area (Å²) < 4.78 is 12.8. The van der Waals surface area contributed by atoms with Gasteiger partial charge in [0, 0.05) is 12.2 Å². The molecule has 0 aromatic heterocycles. The van der Waals surface area contributed by atoms with Crippen LogP contribution in [-0.4, -0.2) is 5.91 Å². The van der Waals surface area contributed by atoms with Crippen LogP contribution in [0.15, 0.2) is 18.2 Å². The van der Waals surface area contributed by atoms with E-state index in [9.17, 15) is 9.18 Å². The Kier molecular flexibility index (Phi) is 3.21. The van der Waals surface area contributed by atoms with Gasteiger partial charge in [0.05, 0.1) is 0 Å². The predicted molar refractivity (Wildman–Crippen MR) is 51.8 cm³/mol. The lowest BCUT2D eigenvalue weighted by atomic mass is 10.1. The van der Waals surface area contributed by atoms with Gasteiger partial charge in [-0.2, -0.15) is 0 Å². The Morgan fingerprint density at radius 1 is 1.64 bits per heavy atom. The number of anilines is 1. The van der Waals surface area contributed by atoms with Crippen molar-refractivity contribution >= 4 is 11.6 Å². The molecule has 3 nitrogen and oxygen atoms in total. The third kappa shape index (κ3) is 2.31. The van der Waals surface area contributed by atoms with Gasteiger partial charge in [-0.25, -0.2) is 4.39 Å². The van der Waals surface area contributed by atoms with Gasteiger partial charge >= 0.3 is 0 Å². The van der Waals surface area contributed by atoms with E-state index >= 15 is 0 Å². The van der Waals surface area contributed by atoms with E-state index in [1.807, 2.05) is 5.92 Å². The molecule has 0 spiro atoms. The van der Waals surface area contributed by atoms with Crippen molar-refractivity contribution in [2.45, 2.75) is 6.54 Å². The van der Waals surface area contributed by atoms with Crippen molar-refractivity contribution in [3.8, 4) is 12.3 Å². The van der Waals surface area contributed by atoms with E-state index in [1.54, 1.807) is 0 Å². The van der Waals surface area contributed by atoms with Gasteiger partial charge in [-0.3, -0.25) is 4.79 Å². The van der Waals surface area contributed by atoms with Gasteiger partial charge in [-0.1, -0.05) is 6.07 Å². The lowest BCUT2D eigenvalue weighted by Crippen LogP contribution is -2.11. The largest absolute Gasteiger partial charge is 0.326 e. The molecule has 1 rings (SSSR count). The minimum Gasteiger partial charge on any atom is -0.326 e. The predicted octanol–water partition coefficient (Wildman–Crippen LogP) is 0.856. The van der Waals surface area contributed by atoms with Crippen LogP contribution >= 0.6 is 0 Å². The average Bonchev–Trinajstić information content (AvgIpc) is 2.18. The summed E-state index contributed by atoms with van der Waals surface area (Å²) in [5.74, 6) is 0.801. The van der Waals surface area contributed by atoms with Crippen molar-refractivity contribution in [1.82, 2.24) is 0 Å². The van der Waals surface area contributed by atoms with Crippen LogP contribution in [0.3, 0.4) is 0 Å². The molecule has 1 aromatic rings. The summed E-state index contributed by atoms with van der Waals surface area (Å²) in [6.45, 7) is 0.209. The second kappa shape index (κ2) is 4.40. The van der Waals surface area contributed by atoms with E-state index in [-0.39, 0.29) is 6.54 Å². The number of terminal acetylenes is 1. The number of amides is 1. The van der Waals surface area contributed by atoms with Gasteiger partial charge in [-0.15, -0.1) is 6.42 Å². The van der Waals surface area contributed by atoms with E-state index in [0.717, 1.165) is 0 Å². The number of hydrogen-bond acceptors (Lipinski definition) is 2. The molecule has 0 radical (unpaired) electrons. The van der Waals surface area contributed by atoms with Crippen molar-refractivity contribution in [3.63, 3.8) is 0 Å². The Bertz CT molecular complexity index is 396. The molecule has 0 saturated heterocycles. The Morgan fingerprint density at radius 2 is 2.36 bits per heavy atom. The first kappa shape index (κ1) is 10.2. The molecule has 3 N–H and O–H groups in total. The van der Waals surface area contributed by atoms with Crippen LogP contribution in [0, 0.1) is 18.2 Å². The maximum absolute atomic E-state index is 12.8. The molecule has 1 aromatic carbocycles. The molecular weight excluding hydrogens is 183 g/mol. The number of benzene rings is 1. The molecule has 72 valence electrons. The molecule has 14 heavy (non-hydrogen) atoms. The third-order valence-electron chi connectivity index (χ3n) is 1.67. The highest BCUT2D eigenvalue weighted by Gasteiger charge is 2.04. The molecule has 0 bridgehead atoms. The minimum absolute atomic E-state index is 0.209. The first-order chi connectivity index (χ1) is 6.67. The SMILES string of the molecule is C#CC(=O)Nc1cc(F)ccc1CN. The smallest absolute Gasteiger partial charge is 0.300 e. The molecular formula is C10H9FN2O. The third-order valence-corrected chi connectivity index (χ3v) is 1.67. The summed E-state index contributed by atoms with van der Waals surface area (Å²) >= 11 is 0. The van der Waals surface area contributed by atoms with Gasteiger partial charge in [0.25, 0.3) is 5.91 Å². The standard InChI is InChI=1S/C10H9FN2O/c1-2-10(14)13-9-5-8(11)4-3-7(9)6-12/h1,3-5H,6,12H2,(H,13,14). The summed E-state index contributed by atoms with van der Waals surface area (Å²) in [6.07, 6.45) is 4.86. The fourth-order valence-electron chi connectivity index (χ4n) is 1.00. The molecule has 0 aliphatic heterocycles. The average molecular weight is 192 g/mol. The summed E-state index contributed by atoms with van der Waals surface area (Å²) in [5.41, 5.74) is 6.34. The highest BCUT2D eigenvalue weighted by molar-refractivity contribution is 6.03. The number of carbonyl (C=O) groups excluding carboxylic acids is 1. The lowest BCUT2D eigenvalue weighted by Gasteiger charge is -2.06. The zero-order valence-corrected chi connectivity index (χ0v) is 7.38. The van der Waals surface area contributed by atoms with Crippen LogP contribution in [0.5, 0.6) is 0 Å². The zero-order valence-electron chi connectivity index (χ0n) is 7.38. The molecule has 0 aliphatic rings. The maximum Gasteiger partial charge on any atom is 0.300 e. The zero-order chi connectivity index (χ0) is 10.6. The summed E-state index contributed by atoms with van der Waals surface area (Å²) in [6, 6.07) is 3.95. The fraction of sp³-hybridized carbons (Fsp3) is 0.100. The first-order valence-corrected chi connectivity index (χ1v) is 3.93. The second-order valence-corrected chi connectivity index (χ2v) is 2.60. The van der Waals surface area contributed by atoms with Crippen LogP contribution in [0.2, 0.25) is 0 Å². The van der Waals surface area contributed by atoms with Crippen LogP contribution in [0.25, 0.3) is 0 Å². The minimum atomic E-state index is -0.620. The molecule has 0 fully saturated rings. The van der Waals surface area contributed by atoms with Crippen molar-refractivity contribution < 1.29 is 9.18 Å². The van der Waals surface area contributed by atoms with Crippen molar-refractivity contribution in [1.29, 1.82) is 0 Å². The Labute approximate surface area is 81.1 Å². The van der Waals surface area contributed by atoms with E-state index < -0.39 is 11.7 Å². The molecule has 0 unspecified atom stereocenters. The van der Waals surface area contributed by atoms with Gasteiger partial charge in [-0.05, 0) is 23.6 Å². The van der Waals surface area contributed by atoms with Crippen LogP contribution in [0.1, 0.15) is 5.56 Å². The van der Waals surface area contributed by atoms with E-state index in [2.05, 4.69) is 5.32 Å². The molecule has 1 amide bonds. The van der Waals surface area contributed by atoms with Crippen LogP contribution in [0.4, 0.5) is 10.1 Å². The molecule has 0 heterocycles. The Morgan fingerprint density at radius 3 is 2.93 bits per heavy atom. The highest BCUT2D eigenvalue weighted by Crippen LogP contribution is 2.16. The fourth-order valence-corrected chi connectivity index (χ4v) is 1.00. The number of rotatable bonds is 2. The number of nitrogens with one attached hydrogen (secondary N) is 1. The highest BCUT2D eigenvalue weighted by atomic mass is 19.1. The van der Waals surface area contributed by atoms with Gasteiger partial charge in [0.1, 0.15) is 5.82 Å².